The van der Waals surface area contributed by atoms with Gasteiger partial charge in [-0.15, -0.1) is 0 Å². The van der Waals surface area contributed by atoms with Gasteiger partial charge in [0, 0.05) is 16.8 Å². The van der Waals surface area contributed by atoms with Gasteiger partial charge in [-0.3, -0.25) is 14.9 Å². The van der Waals surface area contributed by atoms with Gasteiger partial charge in [-0.2, -0.15) is 0 Å². The van der Waals surface area contributed by atoms with Crippen molar-refractivity contribution in [2.45, 2.75) is 0 Å². The van der Waals surface area contributed by atoms with E-state index in [9.17, 15) is 14.4 Å². The van der Waals surface area contributed by atoms with E-state index in [1.54, 1.807) is 42.5 Å². The van der Waals surface area contributed by atoms with Crippen molar-refractivity contribution in [3.8, 4) is 17.2 Å². The van der Waals surface area contributed by atoms with Gasteiger partial charge in [-0.1, -0.05) is 24.3 Å². The molecule has 0 fully saturated rings. The van der Waals surface area contributed by atoms with Gasteiger partial charge >= 0.3 is 6.03 Å². The van der Waals surface area contributed by atoms with Gasteiger partial charge in [-0.05, 0) is 42.5 Å². The van der Waals surface area contributed by atoms with Crippen molar-refractivity contribution in [2.75, 3.05) is 24.2 Å². The molecular formula is C23H20N4O6. The lowest BCUT2D eigenvalue weighted by Crippen LogP contribution is -2.47. The number of carbonyl (C=O) groups is 3. The monoisotopic (exact) mass is 448 g/mol. The van der Waals surface area contributed by atoms with Crippen LogP contribution in [0.15, 0.2) is 66.7 Å². The Labute approximate surface area is 188 Å². The number of methoxy groups -OCH3 is 1. The summed E-state index contributed by atoms with van der Waals surface area (Å²) in [6, 6.07) is 17.0. The number of hydrogen-bond donors (Lipinski definition) is 3. The van der Waals surface area contributed by atoms with Crippen molar-refractivity contribution in [3.63, 3.8) is 0 Å². The third-order valence-corrected chi connectivity index (χ3v) is 4.78. The number of amides is 4. The Kier molecular flexibility index (Phi) is 6.09. The molecule has 10 heteroatoms. The number of fused-ring (bicyclic) bond motifs is 1. The number of benzene rings is 3. The molecule has 4 N–H and O–H groups in total. The predicted molar refractivity (Wildman–Crippen MR) is 119 cm³/mol. The zero-order valence-electron chi connectivity index (χ0n) is 17.5. The Bertz CT molecular complexity index is 1210. The fourth-order valence-electron chi connectivity index (χ4n) is 3.13. The standard InChI is InChI=1S/C23H20N4O6/c1-31-18-10-15(11-19-20(18)33-13-32-19)22(29)26-23(30)27(24)17-9-5-8-16(12-17)25-21(28)14-6-3-2-4-7-14/h2-12H,13,24H2,1H3,(H,25,28)(H,26,29,30). The Morgan fingerprint density at radius 2 is 1.73 bits per heavy atom. The first-order valence-electron chi connectivity index (χ1n) is 9.80. The fourth-order valence-corrected chi connectivity index (χ4v) is 3.13. The largest absolute Gasteiger partial charge is 0.493 e. The lowest BCUT2D eigenvalue weighted by molar-refractivity contribution is 0.0963. The van der Waals surface area contributed by atoms with E-state index in [0.29, 0.717) is 28.5 Å². The van der Waals surface area contributed by atoms with E-state index in [4.69, 9.17) is 20.1 Å². The maximum absolute atomic E-state index is 12.6. The highest BCUT2D eigenvalue weighted by molar-refractivity contribution is 6.09. The molecule has 1 aliphatic rings. The van der Waals surface area contributed by atoms with Gasteiger partial charge in [0.15, 0.2) is 11.5 Å². The molecule has 3 aromatic rings. The van der Waals surface area contributed by atoms with Crippen LogP contribution in [0.5, 0.6) is 17.2 Å². The molecule has 4 amide bonds. The first-order valence-corrected chi connectivity index (χ1v) is 9.80. The summed E-state index contributed by atoms with van der Waals surface area (Å²) in [6.45, 7) is 0.00340. The van der Waals surface area contributed by atoms with Crippen molar-refractivity contribution in [3.05, 3.63) is 77.9 Å². The second-order valence-corrected chi connectivity index (χ2v) is 6.91. The Morgan fingerprint density at radius 1 is 0.939 bits per heavy atom. The summed E-state index contributed by atoms with van der Waals surface area (Å²) in [5.74, 6) is 5.91. The van der Waals surface area contributed by atoms with Crippen LogP contribution in [-0.4, -0.2) is 31.7 Å². The SMILES string of the molecule is COc1cc(C(=O)NC(=O)N(N)c2cccc(NC(=O)c3ccccc3)c2)cc2c1OCO2. The molecule has 0 atom stereocenters. The molecule has 0 aromatic heterocycles. The zero-order chi connectivity index (χ0) is 23.4. The Balaban J connectivity index is 1.45. The molecule has 0 saturated carbocycles. The van der Waals surface area contributed by atoms with Crippen molar-refractivity contribution < 1.29 is 28.6 Å². The number of hydrazine groups is 1. The average Bonchev–Trinajstić information content (AvgIpc) is 3.32. The van der Waals surface area contributed by atoms with E-state index in [1.165, 1.54) is 25.3 Å². The van der Waals surface area contributed by atoms with Gasteiger partial charge in [0.25, 0.3) is 11.8 Å². The van der Waals surface area contributed by atoms with Crippen LogP contribution in [0, 0.1) is 0 Å². The number of ether oxygens (including phenoxy) is 3. The van der Waals surface area contributed by atoms with Crippen LogP contribution in [0.4, 0.5) is 16.2 Å². The van der Waals surface area contributed by atoms with E-state index in [1.807, 2.05) is 6.07 Å². The molecule has 10 nitrogen and oxygen atoms in total. The van der Waals surface area contributed by atoms with E-state index >= 15 is 0 Å². The minimum absolute atomic E-state index is 0.00340. The van der Waals surface area contributed by atoms with Crippen LogP contribution in [-0.2, 0) is 0 Å². The van der Waals surface area contributed by atoms with Crippen molar-refractivity contribution >= 4 is 29.2 Å². The molecule has 0 radical (unpaired) electrons. The number of carbonyl (C=O) groups excluding carboxylic acids is 3. The molecule has 3 aromatic carbocycles. The summed E-state index contributed by atoms with van der Waals surface area (Å²) in [6.07, 6.45) is 0. The maximum Gasteiger partial charge on any atom is 0.343 e. The summed E-state index contributed by atoms with van der Waals surface area (Å²) in [4.78, 5) is 37.5. The normalized spacial score (nSPS) is 11.5. The number of nitrogens with one attached hydrogen (secondary N) is 2. The molecular weight excluding hydrogens is 428 g/mol. The Hall–Kier alpha value is -4.57. The third kappa shape index (κ3) is 4.70. The van der Waals surface area contributed by atoms with E-state index in [0.717, 1.165) is 5.01 Å². The molecule has 168 valence electrons. The molecule has 0 unspecified atom stereocenters. The third-order valence-electron chi connectivity index (χ3n) is 4.78. The van der Waals surface area contributed by atoms with Crippen LogP contribution < -0.4 is 35.7 Å². The molecule has 0 spiro atoms. The number of hydrogen-bond acceptors (Lipinski definition) is 7. The van der Waals surface area contributed by atoms with Gasteiger partial charge in [-0.25, -0.2) is 15.6 Å². The molecule has 1 aliphatic heterocycles. The van der Waals surface area contributed by atoms with Crippen LogP contribution in [0.2, 0.25) is 0 Å². The number of nitrogens with zero attached hydrogens (tertiary/aromatic N) is 1. The summed E-state index contributed by atoms with van der Waals surface area (Å²) in [7, 11) is 1.43. The fraction of sp³-hybridized carbons (Fsp3) is 0.0870. The predicted octanol–water partition coefficient (Wildman–Crippen LogP) is 2.91. The van der Waals surface area contributed by atoms with Crippen LogP contribution >= 0.6 is 0 Å². The number of nitrogens with two attached hydrogens (primary N) is 1. The minimum atomic E-state index is -0.872. The molecule has 1 heterocycles. The van der Waals surface area contributed by atoms with Crippen molar-refractivity contribution in [1.29, 1.82) is 0 Å². The zero-order valence-corrected chi connectivity index (χ0v) is 17.5. The highest BCUT2D eigenvalue weighted by Gasteiger charge is 2.24. The summed E-state index contributed by atoms with van der Waals surface area (Å²) in [5, 5.41) is 5.71. The van der Waals surface area contributed by atoms with Gasteiger partial charge < -0.3 is 19.5 Å². The molecule has 0 aliphatic carbocycles. The molecule has 0 saturated heterocycles. The number of imide groups is 1. The quantitative estimate of drug-likeness (QED) is 0.311. The van der Waals surface area contributed by atoms with Crippen molar-refractivity contribution in [2.24, 2.45) is 5.84 Å². The number of urea groups is 1. The van der Waals surface area contributed by atoms with E-state index in [2.05, 4.69) is 10.6 Å². The lowest BCUT2D eigenvalue weighted by atomic mass is 10.1. The second kappa shape index (κ2) is 9.28. The maximum atomic E-state index is 12.6. The van der Waals surface area contributed by atoms with Crippen LogP contribution in [0.3, 0.4) is 0 Å². The van der Waals surface area contributed by atoms with Crippen LogP contribution in [0.1, 0.15) is 20.7 Å². The summed E-state index contributed by atoms with van der Waals surface area (Å²) >= 11 is 0. The first kappa shape index (κ1) is 21.7. The first-order chi connectivity index (χ1) is 16.0. The van der Waals surface area contributed by atoms with E-state index in [-0.39, 0.29) is 24.0 Å². The molecule has 33 heavy (non-hydrogen) atoms. The van der Waals surface area contributed by atoms with Crippen LogP contribution in [0.25, 0.3) is 0 Å². The highest BCUT2D eigenvalue weighted by Crippen LogP contribution is 2.41. The summed E-state index contributed by atoms with van der Waals surface area (Å²) in [5.41, 5.74) is 1.29. The molecule has 4 rings (SSSR count). The molecule has 0 bridgehead atoms. The number of anilines is 2. The number of rotatable bonds is 5. The second-order valence-electron chi connectivity index (χ2n) is 6.91. The van der Waals surface area contributed by atoms with Crippen molar-refractivity contribution in [1.82, 2.24) is 5.32 Å². The minimum Gasteiger partial charge on any atom is -0.493 e. The smallest absolute Gasteiger partial charge is 0.343 e. The summed E-state index contributed by atoms with van der Waals surface area (Å²) < 4.78 is 15.8. The highest BCUT2D eigenvalue weighted by atomic mass is 16.7. The Morgan fingerprint density at radius 3 is 2.48 bits per heavy atom. The van der Waals surface area contributed by atoms with Gasteiger partial charge in [0.05, 0.1) is 12.8 Å². The van der Waals surface area contributed by atoms with E-state index < -0.39 is 11.9 Å². The lowest BCUT2D eigenvalue weighted by Gasteiger charge is -2.18. The topological polar surface area (TPSA) is 132 Å². The average molecular weight is 448 g/mol. The van der Waals surface area contributed by atoms with Gasteiger partial charge in [0.1, 0.15) is 0 Å². The van der Waals surface area contributed by atoms with Gasteiger partial charge in [0.2, 0.25) is 12.5 Å².